The molecule has 3 aromatic rings. The van der Waals surface area contributed by atoms with Crippen LogP contribution < -0.4 is 10.6 Å². The first-order valence-electron chi connectivity index (χ1n) is 8.58. The van der Waals surface area contributed by atoms with Crippen molar-refractivity contribution in [1.29, 1.82) is 0 Å². The number of hydrogen-bond donors (Lipinski definition) is 2. The molecule has 130 valence electrons. The van der Waals surface area contributed by atoms with E-state index >= 15 is 0 Å². The van der Waals surface area contributed by atoms with Crippen LogP contribution in [0.15, 0.2) is 47.1 Å². The van der Waals surface area contributed by atoms with E-state index in [1.807, 2.05) is 36.5 Å². The van der Waals surface area contributed by atoms with Crippen LogP contribution in [0.2, 0.25) is 0 Å². The molecule has 6 nitrogen and oxygen atoms in total. The smallest absolute Gasteiger partial charge is 0.287 e. The van der Waals surface area contributed by atoms with Gasteiger partial charge in [0.2, 0.25) is 0 Å². The molecule has 2 aromatic heterocycles. The third kappa shape index (κ3) is 2.93. The highest BCUT2D eigenvalue weighted by molar-refractivity contribution is 5.99. The number of carbonyl (C=O) groups excluding carboxylic acids is 1. The molecule has 0 bridgehead atoms. The molecule has 25 heavy (non-hydrogen) atoms. The largest absolute Gasteiger partial charge is 0.451 e. The number of fused-ring (bicyclic) bond motifs is 1. The van der Waals surface area contributed by atoms with Crippen LogP contribution in [0.3, 0.4) is 0 Å². The summed E-state index contributed by atoms with van der Waals surface area (Å²) < 4.78 is 7.72. The summed E-state index contributed by atoms with van der Waals surface area (Å²) in [7, 11) is 0. The Morgan fingerprint density at radius 1 is 1.40 bits per heavy atom. The van der Waals surface area contributed by atoms with E-state index in [2.05, 4.69) is 29.6 Å². The highest BCUT2D eigenvalue weighted by Crippen LogP contribution is 2.27. The van der Waals surface area contributed by atoms with Crippen molar-refractivity contribution in [3.05, 3.63) is 54.0 Å². The molecule has 6 heteroatoms. The number of aromatic nitrogens is 2. The van der Waals surface area contributed by atoms with Crippen LogP contribution >= 0.6 is 0 Å². The minimum atomic E-state index is -0.167. The number of rotatable bonds is 4. The Hall–Kier alpha value is -2.60. The first kappa shape index (κ1) is 15.9. The summed E-state index contributed by atoms with van der Waals surface area (Å²) in [4.78, 5) is 12.9. The summed E-state index contributed by atoms with van der Waals surface area (Å²) in [5.74, 6) is 0.208. The second-order valence-corrected chi connectivity index (χ2v) is 7.07. The van der Waals surface area contributed by atoms with Gasteiger partial charge in [0, 0.05) is 34.9 Å². The highest BCUT2D eigenvalue weighted by Gasteiger charge is 2.36. The third-order valence-corrected chi connectivity index (χ3v) is 4.97. The average Bonchev–Trinajstić information content (AvgIpc) is 3.29. The monoisotopic (exact) mass is 338 g/mol. The summed E-state index contributed by atoms with van der Waals surface area (Å²) in [5.41, 5.74) is 1.46. The van der Waals surface area contributed by atoms with Gasteiger partial charge in [-0.2, -0.15) is 5.10 Å². The Morgan fingerprint density at radius 2 is 2.24 bits per heavy atom. The van der Waals surface area contributed by atoms with Crippen LogP contribution in [0, 0.1) is 0 Å². The molecule has 1 unspecified atom stereocenters. The maximum absolute atomic E-state index is 12.9. The molecule has 0 radical (unpaired) electrons. The van der Waals surface area contributed by atoms with E-state index in [1.54, 1.807) is 10.9 Å². The van der Waals surface area contributed by atoms with E-state index in [0.717, 1.165) is 29.5 Å². The maximum Gasteiger partial charge on any atom is 0.287 e. The van der Waals surface area contributed by atoms with Crippen molar-refractivity contribution in [3.8, 4) is 0 Å². The van der Waals surface area contributed by atoms with Gasteiger partial charge in [-0.1, -0.05) is 18.2 Å². The number of benzene rings is 1. The molecule has 1 saturated heterocycles. The predicted molar refractivity (Wildman–Crippen MR) is 95.5 cm³/mol. The number of nitrogens with zero attached hydrogens (tertiary/aromatic N) is 2. The van der Waals surface area contributed by atoms with Gasteiger partial charge in [0.1, 0.15) is 5.58 Å². The Kier molecular flexibility index (Phi) is 3.84. The molecular formula is C19H22N4O2. The molecule has 1 aliphatic heterocycles. The average molecular weight is 338 g/mol. The zero-order chi connectivity index (χ0) is 17.4. The summed E-state index contributed by atoms with van der Waals surface area (Å²) in [6.07, 6.45) is 4.52. The SMILES string of the molecule is CC1(C)NCCC1NC(=O)c1oc2ccccc2c1Cn1cccn1. The van der Waals surface area contributed by atoms with Crippen LogP contribution in [0.5, 0.6) is 0 Å². The second-order valence-electron chi connectivity index (χ2n) is 7.07. The number of carbonyl (C=O) groups is 1. The first-order chi connectivity index (χ1) is 12.0. The Labute approximate surface area is 146 Å². The zero-order valence-corrected chi connectivity index (χ0v) is 14.5. The van der Waals surface area contributed by atoms with Crippen LogP contribution in [0.4, 0.5) is 0 Å². The Morgan fingerprint density at radius 3 is 2.96 bits per heavy atom. The fourth-order valence-corrected chi connectivity index (χ4v) is 3.49. The van der Waals surface area contributed by atoms with Crippen LogP contribution in [-0.2, 0) is 6.54 Å². The Balaban J connectivity index is 1.69. The van der Waals surface area contributed by atoms with Gasteiger partial charge in [0.25, 0.3) is 5.91 Å². The molecule has 3 heterocycles. The molecule has 1 fully saturated rings. The molecule has 1 amide bonds. The summed E-state index contributed by atoms with van der Waals surface area (Å²) in [6, 6.07) is 9.68. The molecule has 0 saturated carbocycles. The van der Waals surface area contributed by atoms with Gasteiger partial charge in [-0.05, 0) is 38.9 Å². The van der Waals surface area contributed by atoms with E-state index in [1.165, 1.54) is 0 Å². The molecule has 1 atom stereocenters. The lowest BCUT2D eigenvalue weighted by Gasteiger charge is -2.27. The number of amides is 1. The van der Waals surface area contributed by atoms with Crippen LogP contribution in [0.1, 0.15) is 36.4 Å². The van der Waals surface area contributed by atoms with Crippen molar-refractivity contribution in [2.45, 2.75) is 38.4 Å². The lowest BCUT2D eigenvalue weighted by molar-refractivity contribution is 0.0896. The van der Waals surface area contributed by atoms with E-state index in [-0.39, 0.29) is 17.5 Å². The van der Waals surface area contributed by atoms with Gasteiger partial charge in [0.05, 0.1) is 6.54 Å². The first-order valence-corrected chi connectivity index (χ1v) is 8.58. The fourth-order valence-electron chi connectivity index (χ4n) is 3.49. The quantitative estimate of drug-likeness (QED) is 0.767. The van der Waals surface area contributed by atoms with Crippen molar-refractivity contribution < 1.29 is 9.21 Å². The standard InChI is InChI=1S/C19H22N4O2/c1-19(2)16(8-10-20-19)22-18(24)17-14(12-23-11-5-9-21-23)13-6-3-4-7-15(13)25-17/h3-7,9,11,16,20H,8,10,12H2,1-2H3,(H,22,24). The normalized spacial score (nSPS) is 19.4. The van der Waals surface area contributed by atoms with Gasteiger partial charge in [-0.3, -0.25) is 9.48 Å². The maximum atomic E-state index is 12.9. The molecule has 0 spiro atoms. The van der Waals surface area contributed by atoms with Gasteiger partial charge in [0.15, 0.2) is 5.76 Å². The minimum Gasteiger partial charge on any atom is -0.451 e. The van der Waals surface area contributed by atoms with Crippen LogP contribution in [0.25, 0.3) is 11.0 Å². The number of nitrogens with one attached hydrogen (secondary N) is 2. The van der Waals surface area contributed by atoms with Gasteiger partial charge in [-0.25, -0.2) is 0 Å². The second kappa shape index (κ2) is 6.04. The predicted octanol–water partition coefficient (Wildman–Crippen LogP) is 2.55. The number of furan rings is 1. The van der Waals surface area contributed by atoms with Crippen LogP contribution in [-0.4, -0.2) is 33.8 Å². The van der Waals surface area contributed by atoms with Gasteiger partial charge >= 0.3 is 0 Å². The minimum absolute atomic E-state index is 0.0748. The van der Waals surface area contributed by atoms with E-state index < -0.39 is 0 Å². The molecule has 2 N–H and O–H groups in total. The number of para-hydroxylation sites is 1. The summed E-state index contributed by atoms with van der Waals surface area (Å²) >= 11 is 0. The van der Waals surface area contributed by atoms with E-state index in [0.29, 0.717) is 12.3 Å². The van der Waals surface area contributed by atoms with Gasteiger partial charge < -0.3 is 15.1 Å². The Bertz CT molecular complexity index is 895. The number of hydrogen-bond acceptors (Lipinski definition) is 4. The molecule has 0 aliphatic carbocycles. The van der Waals surface area contributed by atoms with Crippen molar-refractivity contribution >= 4 is 16.9 Å². The highest BCUT2D eigenvalue weighted by atomic mass is 16.3. The topological polar surface area (TPSA) is 72.1 Å². The third-order valence-electron chi connectivity index (χ3n) is 4.97. The molecule has 1 aromatic carbocycles. The van der Waals surface area contributed by atoms with Gasteiger partial charge in [-0.15, -0.1) is 0 Å². The molecule has 1 aliphatic rings. The fraction of sp³-hybridized carbons (Fsp3) is 0.368. The van der Waals surface area contributed by atoms with Crippen molar-refractivity contribution in [2.24, 2.45) is 0 Å². The zero-order valence-electron chi connectivity index (χ0n) is 14.5. The van der Waals surface area contributed by atoms with E-state index in [9.17, 15) is 4.79 Å². The van der Waals surface area contributed by atoms with Crippen molar-refractivity contribution in [3.63, 3.8) is 0 Å². The molecule has 4 rings (SSSR count). The lowest BCUT2D eigenvalue weighted by atomic mass is 9.97. The molecular weight excluding hydrogens is 316 g/mol. The summed E-state index contributed by atoms with van der Waals surface area (Å²) in [6.45, 7) is 5.61. The summed E-state index contributed by atoms with van der Waals surface area (Å²) in [5, 5.41) is 11.8. The van der Waals surface area contributed by atoms with Crippen molar-refractivity contribution in [1.82, 2.24) is 20.4 Å². The van der Waals surface area contributed by atoms with Crippen molar-refractivity contribution in [2.75, 3.05) is 6.54 Å². The lowest BCUT2D eigenvalue weighted by Crippen LogP contribution is -2.50. The van der Waals surface area contributed by atoms with E-state index in [4.69, 9.17) is 4.42 Å².